The van der Waals surface area contributed by atoms with E-state index in [1.807, 2.05) is 67.6 Å². The molecular formula is C24H25NO3. The summed E-state index contributed by atoms with van der Waals surface area (Å²) in [4.78, 5) is 27.3. The Morgan fingerprint density at radius 3 is 2.43 bits per heavy atom. The van der Waals surface area contributed by atoms with Gasteiger partial charge in [0.15, 0.2) is 0 Å². The SMILES string of the molecule is CCOC(=O)[C@@]1(Cc2ccccc2)CCCN(C(=O)C#Cc2ccccc2)C1. The molecule has 1 fully saturated rings. The normalized spacial score (nSPS) is 18.7. The van der Waals surface area contributed by atoms with Gasteiger partial charge in [-0.25, -0.2) is 0 Å². The van der Waals surface area contributed by atoms with Gasteiger partial charge in [-0.15, -0.1) is 0 Å². The molecule has 0 bridgehead atoms. The lowest BCUT2D eigenvalue weighted by molar-refractivity contribution is -0.160. The molecule has 0 aliphatic carbocycles. The average molecular weight is 375 g/mol. The number of likely N-dealkylation sites (tertiary alicyclic amines) is 1. The van der Waals surface area contributed by atoms with Crippen LogP contribution in [0.5, 0.6) is 0 Å². The molecule has 0 spiro atoms. The highest BCUT2D eigenvalue weighted by Crippen LogP contribution is 2.35. The molecule has 28 heavy (non-hydrogen) atoms. The van der Waals surface area contributed by atoms with Gasteiger partial charge in [-0.2, -0.15) is 0 Å². The molecule has 3 rings (SSSR count). The van der Waals surface area contributed by atoms with Gasteiger partial charge in [0.2, 0.25) is 0 Å². The van der Waals surface area contributed by atoms with Gasteiger partial charge in [0.05, 0.1) is 12.0 Å². The fourth-order valence-corrected chi connectivity index (χ4v) is 3.69. The van der Waals surface area contributed by atoms with Crippen molar-refractivity contribution in [1.82, 2.24) is 4.90 Å². The number of carbonyl (C=O) groups is 2. The Morgan fingerprint density at radius 2 is 1.75 bits per heavy atom. The van der Waals surface area contributed by atoms with Crippen LogP contribution in [0.1, 0.15) is 30.9 Å². The van der Waals surface area contributed by atoms with E-state index in [1.54, 1.807) is 4.90 Å². The molecule has 0 aromatic heterocycles. The highest BCUT2D eigenvalue weighted by molar-refractivity contribution is 5.94. The molecule has 4 nitrogen and oxygen atoms in total. The molecule has 144 valence electrons. The van der Waals surface area contributed by atoms with Gasteiger partial charge >= 0.3 is 5.97 Å². The van der Waals surface area contributed by atoms with Crippen LogP contribution in [0.15, 0.2) is 60.7 Å². The van der Waals surface area contributed by atoms with Gasteiger partial charge in [-0.1, -0.05) is 54.5 Å². The zero-order valence-electron chi connectivity index (χ0n) is 16.2. The molecular weight excluding hydrogens is 350 g/mol. The van der Waals surface area contributed by atoms with Crippen molar-refractivity contribution in [3.8, 4) is 11.8 Å². The van der Waals surface area contributed by atoms with Crippen LogP contribution in [-0.2, 0) is 20.7 Å². The summed E-state index contributed by atoms with van der Waals surface area (Å²) in [6, 6.07) is 19.3. The summed E-state index contributed by atoms with van der Waals surface area (Å²) >= 11 is 0. The molecule has 1 aliphatic rings. The Labute approximate surface area is 166 Å². The monoisotopic (exact) mass is 375 g/mol. The first-order chi connectivity index (χ1) is 13.6. The summed E-state index contributed by atoms with van der Waals surface area (Å²) in [6.45, 7) is 3.09. The van der Waals surface area contributed by atoms with Gasteiger partial charge in [-0.05, 0) is 43.9 Å². The van der Waals surface area contributed by atoms with Gasteiger partial charge in [0.1, 0.15) is 0 Å². The van der Waals surface area contributed by atoms with Gasteiger partial charge in [0.25, 0.3) is 5.91 Å². The van der Waals surface area contributed by atoms with E-state index in [1.165, 1.54) is 0 Å². The summed E-state index contributed by atoms with van der Waals surface area (Å²) in [5.41, 5.74) is 1.15. The van der Waals surface area contributed by atoms with Crippen LogP contribution < -0.4 is 0 Å². The molecule has 0 unspecified atom stereocenters. The third kappa shape index (κ3) is 4.80. The number of carbonyl (C=O) groups excluding carboxylic acids is 2. The number of ether oxygens (including phenoxy) is 1. The summed E-state index contributed by atoms with van der Waals surface area (Å²) in [6.07, 6.45) is 2.02. The molecule has 1 atom stereocenters. The second kappa shape index (κ2) is 9.23. The predicted molar refractivity (Wildman–Crippen MR) is 108 cm³/mol. The van der Waals surface area contributed by atoms with E-state index < -0.39 is 5.41 Å². The standard InChI is InChI=1S/C24H25NO3/c1-2-28-23(27)24(18-21-12-7-4-8-13-21)16-9-17-25(19-24)22(26)15-14-20-10-5-3-6-11-20/h3-8,10-13H,2,9,16-19H2,1H3/t24-/m1/s1. The minimum atomic E-state index is -0.723. The first-order valence-electron chi connectivity index (χ1n) is 9.70. The number of piperidine rings is 1. The number of rotatable bonds is 4. The molecule has 2 aromatic rings. The Morgan fingerprint density at radius 1 is 1.07 bits per heavy atom. The van der Waals surface area contributed by atoms with Crippen molar-refractivity contribution >= 4 is 11.9 Å². The topological polar surface area (TPSA) is 46.6 Å². The van der Waals surface area contributed by atoms with Crippen LogP contribution in [0, 0.1) is 17.3 Å². The Bertz CT molecular complexity index is 867. The zero-order valence-corrected chi connectivity index (χ0v) is 16.2. The second-order valence-corrected chi connectivity index (χ2v) is 7.11. The summed E-state index contributed by atoms with van der Waals surface area (Å²) in [5, 5.41) is 0. The number of hydrogen-bond acceptors (Lipinski definition) is 3. The number of benzene rings is 2. The van der Waals surface area contributed by atoms with E-state index in [0.29, 0.717) is 32.5 Å². The van der Waals surface area contributed by atoms with E-state index in [-0.39, 0.29) is 11.9 Å². The van der Waals surface area contributed by atoms with Crippen molar-refractivity contribution in [3.05, 3.63) is 71.8 Å². The first kappa shape index (κ1) is 19.7. The van der Waals surface area contributed by atoms with E-state index in [0.717, 1.165) is 17.5 Å². The molecule has 0 saturated carbocycles. The van der Waals surface area contributed by atoms with Crippen LogP contribution in [0.4, 0.5) is 0 Å². The van der Waals surface area contributed by atoms with Crippen LogP contribution >= 0.6 is 0 Å². The van der Waals surface area contributed by atoms with Crippen LogP contribution in [0.25, 0.3) is 0 Å². The third-order valence-corrected chi connectivity index (χ3v) is 5.05. The lowest BCUT2D eigenvalue weighted by Crippen LogP contribution is -2.51. The van der Waals surface area contributed by atoms with Crippen molar-refractivity contribution in [2.24, 2.45) is 5.41 Å². The first-order valence-corrected chi connectivity index (χ1v) is 9.70. The molecule has 1 saturated heterocycles. The highest BCUT2D eigenvalue weighted by atomic mass is 16.5. The van der Waals surface area contributed by atoms with Crippen molar-refractivity contribution in [1.29, 1.82) is 0 Å². The zero-order chi connectivity index (χ0) is 19.8. The van der Waals surface area contributed by atoms with E-state index in [2.05, 4.69) is 11.8 Å². The maximum atomic E-state index is 12.9. The largest absolute Gasteiger partial charge is 0.466 e. The quantitative estimate of drug-likeness (QED) is 0.607. The maximum absolute atomic E-state index is 12.9. The molecule has 4 heteroatoms. The number of esters is 1. The molecule has 0 N–H and O–H groups in total. The number of amides is 1. The van der Waals surface area contributed by atoms with Crippen LogP contribution in [0.3, 0.4) is 0 Å². The molecule has 0 radical (unpaired) electrons. The maximum Gasteiger partial charge on any atom is 0.314 e. The van der Waals surface area contributed by atoms with E-state index >= 15 is 0 Å². The van der Waals surface area contributed by atoms with Crippen LogP contribution in [-0.4, -0.2) is 36.5 Å². The Kier molecular flexibility index (Phi) is 6.49. The Hall–Kier alpha value is -3.06. The fourth-order valence-electron chi connectivity index (χ4n) is 3.69. The van der Waals surface area contributed by atoms with Crippen molar-refractivity contribution < 1.29 is 14.3 Å². The van der Waals surface area contributed by atoms with Crippen molar-refractivity contribution in [2.75, 3.05) is 19.7 Å². The summed E-state index contributed by atoms with van der Waals surface area (Å²) in [5.74, 6) is 5.17. The molecule has 1 aliphatic heterocycles. The van der Waals surface area contributed by atoms with Crippen molar-refractivity contribution in [3.63, 3.8) is 0 Å². The Balaban J connectivity index is 1.80. The second-order valence-electron chi connectivity index (χ2n) is 7.11. The smallest absolute Gasteiger partial charge is 0.314 e. The highest BCUT2D eigenvalue weighted by Gasteiger charge is 2.44. The van der Waals surface area contributed by atoms with E-state index in [9.17, 15) is 9.59 Å². The fraction of sp³-hybridized carbons (Fsp3) is 0.333. The molecule has 1 amide bonds. The van der Waals surface area contributed by atoms with Gasteiger partial charge in [-0.3, -0.25) is 9.59 Å². The lowest BCUT2D eigenvalue weighted by atomic mass is 9.75. The summed E-state index contributed by atoms with van der Waals surface area (Å²) < 4.78 is 5.40. The van der Waals surface area contributed by atoms with Crippen LogP contribution in [0.2, 0.25) is 0 Å². The van der Waals surface area contributed by atoms with Gasteiger partial charge < -0.3 is 9.64 Å². The average Bonchev–Trinajstić information content (AvgIpc) is 2.74. The minimum Gasteiger partial charge on any atom is -0.466 e. The number of nitrogens with zero attached hydrogens (tertiary/aromatic N) is 1. The minimum absolute atomic E-state index is 0.229. The van der Waals surface area contributed by atoms with Gasteiger partial charge in [0, 0.05) is 24.6 Å². The van der Waals surface area contributed by atoms with Crippen molar-refractivity contribution in [2.45, 2.75) is 26.2 Å². The molecule has 2 aromatic carbocycles. The number of hydrogen-bond donors (Lipinski definition) is 0. The molecule has 1 heterocycles. The predicted octanol–water partition coefficient (Wildman–Crippen LogP) is 3.45. The lowest BCUT2D eigenvalue weighted by Gasteiger charge is -2.40. The van der Waals surface area contributed by atoms with E-state index in [4.69, 9.17) is 4.74 Å². The summed E-state index contributed by atoms with van der Waals surface area (Å²) in [7, 11) is 0. The third-order valence-electron chi connectivity index (χ3n) is 5.05.